The maximum atomic E-state index is 6.72. The van der Waals surface area contributed by atoms with Crippen molar-refractivity contribution in [3.8, 4) is 0 Å². The second-order valence-electron chi connectivity index (χ2n) is 8.51. The minimum atomic E-state index is 0.266. The Hall–Kier alpha value is -0.0400. The van der Waals surface area contributed by atoms with Gasteiger partial charge < -0.3 is 5.73 Å². The Balaban J connectivity index is 1.68. The molecule has 9 atom stereocenters. The zero-order valence-electron chi connectivity index (χ0n) is 11.2. The van der Waals surface area contributed by atoms with Crippen LogP contribution in [0.3, 0.4) is 0 Å². The highest BCUT2D eigenvalue weighted by molar-refractivity contribution is 5.30. The van der Waals surface area contributed by atoms with E-state index >= 15 is 0 Å². The molecule has 2 N–H and O–H groups in total. The molecular weight excluding hydrogens is 206 g/mol. The predicted molar refractivity (Wildman–Crippen MR) is 68.2 cm³/mol. The van der Waals surface area contributed by atoms with Gasteiger partial charge >= 0.3 is 0 Å². The molecule has 0 heterocycles. The minimum Gasteiger partial charge on any atom is -0.325 e. The highest BCUT2D eigenvalue weighted by atomic mass is 14.9. The van der Waals surface area contributed by atoms with Gasteiger partial charge in [-0.1, -0.05) is 13.8 Å². The van der Waals surface area contributed by atoms with Crippen LogP contribution < -0.4 is 5.73 Å². The monoisotopic (exact) mass is 231 g/mol. The number of rotatable bonds is 0. The molecule has 0 aromatic heterocycles. The third kappa shape index (κ3) is 0.785. The highest BCUT2D eigenvalue weighted by Gasteiger charge is 2.80. The average molecular weight is 231 g/mol. The lowest BCUT2D eigenvalue weighted by molar-refractivity contribution is -0.322. The molecule has 0 aromatic carbocycles. The van der Waals surface area contributed by atoms with Gasteiger partial charge in [0.1, 0.15) is 0 Å². The zero-order chi connectivity index (χ0) is 11.6. The first-order chi connectivity index (χ1) is 8.06. The van der Waals surface area contributed by atoms with E-state index in [2.05, 4.69) is 13.8 Å². The fourth-order valence-electron chi connectivity index (χ4n) is 8.43. The summed E-state index contributed by atoms with van der Waals surface area (Å²) in [5, 5.41) is 0. The van der Waals surface area contributed by atoms with Crippen molar-refractivity contribution in [2.45, 2.75) is 51.5 Å². The van der Waals surface area contributed by atoms with Crippen molar-refractivity contribution in [2.24, 2.45) is 52.6 Å². The van der Waals surface area contributed by atoms with Crippen LogP contribution in [0.2, 0.25) is 0 Å². The lowest BCUT2D eigenvalue weighted by atomic mass is 9.23. The standard InChI is InChI=1S/C16H25N/c1-8-6-16(17)7-11-13-10-4-3-9(5-10)12(8)15(13,2)14(11)16/h8-14H,3-7,17H2,1-2H3. The van der Waals surface area contributed by atoms with Crippen LogP contribution in [0.4, 0.5) is 0 Å². The first-order valence-corrected chi connectivity index (χ1v) is 7.84. The minimum absolute atomic E-state index is 0.266. The summed E-state index contributed by atoms with van der Waals surface area (Å²) in [7, 11) is 0. The van der Waals surface area contributed by atoms with Crippen LogP contribution in [-0.2, 0) is 0 Å². The van der Waals surface area contributed by atoms with Crippen LogP contribution in [0.15, 0.2) is 0 Å². The average Bonchev–Trinajstić information content (AvgIpc) is 2.58. The first-order valence-electron chi connectivity index (χ1n) is 7.84. The fraction of sp³-hybridized carbons (Fsp3) is 1.00. The van der Waals surface area contributed by atoms with Gasteiger partial charge in [-0.25, -0.2) is 0 Å². The molecule has 5 saturated carbocycles. The van der Waals surface area contributed by atoms with Crippen LogP contribution >= 0.6 is 0 Å². The van der Waals surface area contributed by atoms with E-state index in [1.807, 2.05) is 0 Å². The molecule has 0 amide bonds. The molecule has 94 valence electrons. The third-order valence-electron chi connectivity index (χ3n) is 8.08. The van der Waals surface area contributed by atoms with Crippen LogP contribution in [0.1, 0.15) is 46.0 Å². The lowest BCUT2D eigenvalue weighted by Crippen LogP contribution is -2.83. The van der Waals surface area contributed by atoms with Gasteiger partial charge in [0.2, 0.25) is 0 Å². The molecular formula is C16H25N. The molecule has 5 aliphatic rings. The summed E-state index contributed by atoms with van der Waals surface area (Å²) in [6.45, 7) is 5.16. The molecule has 0 radical (unpaired) electrons. The predicted octanol–water partition coefficient (Wildman–Crippen LogP) is 3.04. The van der Waals surface area contributed by atoms with Gasteiger partial charge in [-0.15, -0.1) is 0 Å². The van der Waals surface area contributed by atoms with E-state index in [0.29, 0.717) is 5.41 Å². The topological polar surface area (TPSA) is 26.0 Å². The highest BCUT2D eigenvalue weighted by Crippen LogP contribution is 2.82. The summed E-state index contributed by atoms with van der Waals surface area (Å²) in [4.78, 5) is 0. The largest absolute Gasteiger partial charge is 0.325 e. The zero-order valence-corrected chi connectivity index (χ0v) is 11.2. The fourth-order valence-corrected chi connectivity index (χ4v) is 8.43. The normalized spacial score (nSPS) is 74.6. The molecule has 1 heteroatoms. The van der Waals surface area contributed by atoms with E-state index in [-0.39, 0.29) is 5.54 Å². The van der Waals surface area contributed by atoms with Crippen LogP contribution in [0, 0.1) is 46.8 Å². The molecule has 1 nitrogen and oxygen atoms in total. The molecule has 2 bridgehead atoms. The van der Waals surface area contributed by atoms with Gasteiger partial charge in [-0.05, 0) is 78.9 Å². The van der Waals surface area contributed by atoms with Crippen molar-refractivity contribution >= 4 is 0 Å². The molecule has 0 spiro atoms. The Kier molecular flexibility index (Phi) is 1.43. The molecule has 17 heavy (non-hydrogen) atoms. The van der Waals surface area contributed by atoms with Gasteiger partial charge in [-0.2, -0.15) is 0 Å². The lowest BCUT2D eigenvalue weighted by Gasteiger charge is -2.82. The van der Waals surface area contributed by atoms with Crippen LogP contribution in [0.5, 0.6) is 0 Å². The molecule has 0 aromatic rings. The second-order valence-corrected chi connectivity index (χ2v) is 8.51. The number of hydrogen-bond acceptors (Lipinski definition) is 1. The molecule has 5 rings (SSSR count). The van der Waals surface area contributed by atoms with Crippen molar-refractivity contribution in [1.82, 2.24) is 0 Å². The van der Waals surface area contributed by atoms with Gasteiger partial charge in [0, 0.05) is 5.54 Å². The molecule has 5 fully saturated rings. The van der Waals surface area contributed by atoms with Crippen LogP contribution in [-0.4, -0.2) is 5.54 Å². The maximum Gasteiger partial charge on any atom is 0.0196 e. The van der Waals surface area contributed by atoms with Crippen molar-refractivity contribution < 1.29 is 0 Å². The van der Waals surface area contributed by atoms with Crippen molar-refractivity contribution in [3.63, 3.8) is 0 Å². The van der Waals surface area contributed by atoms with E-state index in [1.54, 1.807) is 19.3 Å². The number of hydrogen-bond donors (Lipinski definition) is 1. The summed E-state index contributed by atoms with van der Waals surface area (Å²) in [5.41, 5.74) is 7.65. The molecule has 5 aliphatic carbocycles. The van der Waals surface area contributed by atoms with E-state index in [1.165, 1.54) is 12.8 Å². The van der Waals surface area contributed by atoms with Crippen molar-refractivity contribution in [3.05, 3.63) is 0 Å². The van der Waals surface area contributed by atoms with E-state index < -0.39 is 0 Å². The SMILES string of the molecule is CC1CC2(N)CC3C4C5CCC(C5)C1C4(C)C32. The Morgan fingerprint density at radius 3 is 2.53 bits per heavy atom. The van der Waals surface area contributed by atoms with E-state index in [4.69, 9.17) is 5.73 Å². The van der Waals surface area contributed by atoms with Gasteiger partial charge in [-0.3, -0.25) is 0 Å². The summed E-state index contributed by atoms with van der Waals surface area (Å²) < 4.78 is 0. The Bertz CT molecular complexity index is 404. The number of fused-ring (bicyclic) bond motifs is 5. The molecule has 0 aliphatic heterocycles. The maximum absolute atomic E-state index is 6.72. The smallest absolute Gasteiger partial charge is 0.0196 e. The second kappa shape index (κ2) is 2.48. The quantitative estimate of drug-likeness (QED) is 0.681. The third-order valence-corrected chi connectivity index (χ3v) is 8.08. The molecule has 0 saturated heterocycles. The van der Waals surface area contributed by atoms with Gasteiger partial charge in [0.05, 0.1) is 0 Å². The summed E-state index contributed by atoms with van der Waals surface area (Å²) in [5.74, 6) is 7.14. The summed E-state index contributed by atoms with van der Waals surface area (Å²) in [6.07, 6.45) is 7.38. The number of nitrogens with two attached hydrogens (primary N) is 1. The summed E-state index contributed by atoms with van der Waals surface area (Å²) in [6, 6.07) is 0. The summed E-state index contributed by atoms with van der Waals surface area (Å²) >= 11 is 0. The van der Waals surface area contributed by atoms with Gasteiger partial charge in [0.15, 0.2) is 0 Å². The molecule has 9 unspecified atom stereocenters. The van der Waals surface area contributed by atoms with Gasteiger partial charge in [0.25, 0.3) is 0 Å². The van der Waals surface area contributed by atoms with E-state index in [9.17, 15) is 0 Å². The Morgan fingerprint density at radius 1 is 1.06 bits per heavy atom. The first kappa shape index (κ1) is 9.83. The Morgan fingerprint density at radius 2 is 1.76 bits per heavy atom. The van der Waals surface area contributed by atoms with E-state index in [0.717, 1.165) is 41.4 Å². The van der Waals surface area contributed by atoms with Crippen molar-refractivity contribution in [1.29, 1.82) is 0 Å². The van der Waals surface area contributed by atoms with Crippen LogP contribution in [0.25, 0.3) is 0 Å². The van der Waals surface area contributed by atoms with Crippen molar-refractivity contribution in [2.75, 3.05) is 0 Å². The Labute approximate surface area is 105 Å².